The predicted molar refractivity (Wildman–Crippen MR) is 63.3 cm³/mol. The average Bonchev–Trinajstić information content (AvgIpc) is 2.31. The lowest BCUT2D eigenvalue weighted by Gasteiger charge is -2.22. The van der Waals surface area contributed by atoms with Crippen LogP contribution in [0.1, 0.15) is 12.5 Å². The molecule has 1 aromatic carbocycles. The number of ether oxygens (including phenoxy) is 1. The molecule has 0 spiro atoms. The molecule has 1 amide bonds. The number of carbonyl (C=O) groups excluding carboxylic acids is 1. The Kier molecular flexibility index (Phi) is 4.63. The number of benzene rings is 1. The number of phenols is 1. The number of halogens is 3. The summed E-state index contributed by atoms with van der Waals surface area (Å²) in [5, 5.41) is 9.36. The zero-order valence-corrected chi connectivity index (χ0v) is 10.5. The number of alkyl halides is 3. The number of carbonyl (C=O) groups is 1. The van der Waals surface area contributed by atoms with Crippen LogP contribution in [-0.2, 0) is 4.74 Å². The summed E-state index contributed by atoms with van der Waals surface area (Å²) in [5.41, 5.74) is 0.957. The zero-order valence-electron chi connectivity index (χ0n) is 10.5. The largest absolute Gasteiger partial charge is 0.508 e. The molecule has 1 N–H and O–H groups in total. The maximum absolute atomic E-state index is 12.0. The molecule has 0 aliphatic rings. The van der Waals surface area contributed by atoms with Gasteiger partial charge in [-0.15, -0.1) is 0 Å². The molecule has 0 aliphatic heterocycles. The van der Waals surface area contributed by atoms with Crippen LogP contribution in [0.5, 0.6) is 5.75 Å². The summed E-state index contributed by atoms with van der Waals surface area (Å²) in [6.45, 7) is 1.76. The quantitative estimate of drug-likeness (QED) is 0.922. The third kappa shape index (κ3) is 4.35. The van der Waals surface area contributed by atoms with Crippen LogP contribution in [-0.4, -0.2) is 30.5 Å². The van der Waals surface area contributed by atoms with Gasteiger partial charge < -0.3 is 9.84 Å². The first-order chi connectivity index (χ1) is 8.74. The number of rotatable bonds is 3. The second-order valence-corrected chi connectivity index (χ2v) is 3.88. The molecule has 0 aliphatic carbocycles. The van der Waals surface area contributed by atoms with E-state index >= 15 is 0 Å². The van der Waals surface area contributed by atoms with Crippen LogP contribution < -0.4 is 4.90 Å². The molecule has 7 heteroatoms. The van der Waals surface area contributed by atoms with Gasteiger partial charge in [0, 0.05) is 12.6 Å². The fourth-order valence-corrected chi connectivity index (χ4v) is 1.51. The van der Waals surface area contributed by atoms with Crippen LogP contribution in [0.2, 0.25) is 0 Å². The minimum absolute atomic E-state index is 0.0809. The highest BCUT2D eigenvalue weighted by molar-refractivity contribution is 5.88. The third-order valence-corrected chi connectivity index (χ3v) is 2.38. The van der Waals surface area contributed by atoms with Crippen molar-refractivity contribution in [2.24, 2.45) is 0 Å². The second kappa shape index (κ2) is 5.81. The number of aryl methyl sites for hydroxylation is 1. The summed E-state index contributed by atoms with van der Waals surface area (Å²) in [7, 11) is 0. The molecule has 1 rings (SSSR count). The number of hydrogen-bond acceptors (Lipinski definition) is 3. The Morgan fingerprint density at radius 3 is 2.58 bits per heavy atom. The summed E-state index contributed by atoms with van der Waals surface area (Å²) < 4.78 is 40.2. The Labute approximate surface area is 108 Å². The Morgan fingerprint density at radius 2 is 2.05 bits per heavy atom. The highest BCUT2D eigenvalue weighted by atomic mass is 19.4. The van der Waals surface area contributed by atoms with Gasteiger partial charge in [-0.3, -0.25) is 4.90 Å². The molecule has 4 nitrogen and oxygen atoms in total. The lowest BCUT2D eigenvalue weighted by Crippen LogP contribution is -2.34. The molecule has 106 valence electrons. The normalized spacial score (nSPS) is 11.2. The summed E-state index contributed by atoms with van der Waals surface area (Å²) in [4.78, 5) is 12.6. The van der Waals surface area contributed by atoms with Gasteiger partial charge in [-0.25, -0.2) is 4.79 Å². The van der Waals surface area contributed by atoms with Crippen molar-refractivity contribution in [1.29, 1.82) is 0 Å². The summed E-state index contributed by atoms with van der Waals surface area (Å²) in [6.07, 6.45) is -5.67. The average molecular weight is 277 g/mol. The van der Waals surface area contributed by atoms with Crippen molar-refractivity contribution >= 4 is 11.8 Å². The topological polar surface area (TPSA) is 49.8 Å². The van der Waals surface area contributed by atoms with Crippen LogP contribution in [0, 0.1) is 6.92 Å². The van der Waals surface area contributed by atoms with Crippen LogP contribution in [0.25, 0.3) is 0 Å². The molecule has 0 atom stereocenters. The lowest BCUT2D eigenvalue weighted by atomic mass is 10.2. The zero-order chi connectivity index (χ0) is 14.6. The summed E-state index contributed by atoms with van der Waals surface area (Å²) in [6, 6.07) is 4.28. The van der Waals surface area contributed by atoms with E-state index in [9.17, 15) is 23.1 Å². The van der Waals surface area contributed by atoms with Gasteiger partial charge in [0.2, 0.25) is 0 Å². The Balaban J connectivity index is 2.88. The van der Waals surface area contributed by atoms with E-state index in [-0.39, 0.29) is 12.3 Å². The van der Waals surface area contributed by atoms with Gasteiger partial charge in [-0.05, 0) is 25.5 Å². The number of phenolic OH excluding ortho intramolecular Hbond substituents is 1. The van der Waals surface area contributed by atoms with Crippen LogP contribution in [0.4, 0.5) is 23.7 Å². The minimum atomic E-state index is -4.57. The molecular weight excluding hydrogens is 263 g/mol. The number of hydrogen-bond donors (Lipinski definition) is 1. The molecule has 1 aromatic rings. The minimum Gasteiger partial charge on any atom is -0.508 e. The first-order valence-corrected chi connectivity index (χ1v) is 5.55. The lowest BCUT2D eigenvalue weighted by molar-refractivity contribution is -0.159. The van der Waals surface area contributed by atoms with E-state index in [2.05, 4.69) is 4.74 Å². The smallest absolute Gasteiger partial charge is 0.422 e. The van der Waals surface area contributed by atoms with E-state index in [4.69, 9.17) is 0 Å². The molecular formula is C12H14F3NO3. The van der Waals surface area contributed by atoms with Crippen molar-refractivity contribution < 1.29 is 27.8 Å². The predicted octanol–water partition coefficient (Wildman–Crippen LogP) is 3.23. The number of anilines is 1. The highest BCUT2D eigenvalue weighted by Crippen LogP contribution is 2.26. The van der Waals surface area contributed by atoms with Crippen molar-refractivity contribution in [3.05, 3.63) is 23.8 Å². The molecule has 0 saturated heterocycles. The monoisotopic (exact) mass is 277 g/mol. The number of aromatic hydroxyl groups is 1. The van der Waals surface area contributed by atoms with Crippen LogP contribution in [0.3, 0.4) is 0 Å². The van der Waals surface area contributed by atoms with Crippen molar-refractivity contribution in [2.45, 2.75) is 20.0 Å². The second-order valence-electron chi connectivity index (χ2n) is 3.88. The van der Waals surface area contributed by atoms with Crippen molar-refractivity contribution in [1.82, 2.24) is 0 Å². The molecule has 0 saturated carbocycles. The maximum atomic E-state index is 12.0. The molecule has 0 fully saturated rings. The van der Waals surface area contributed by atoms with Gasteiger partial charge in [0.15, 0.2) is 6.61 Å². The highest BCUT2D eigenvalue weighted by Gasteiger charge is 2.31. The van der Waals surface area contributed by atoms with E-state index in [0.29, 0.717) is 11.3 Å². The maximum Gasteiger partial charge on any atom is 0.422 e. The fraction of sp³-hybridized carbons (Fsp3) is 0.417. The van der Waals surface area contributed by atoms with E-state index < -0.39 is 18.9 Å². The van der Waals surface area contributed by atoms with Gasteiger partial charge in [-0.1, -0.05) is 6.07 Å². The Hall–Kier alpha value is -1.92. The molecule has 0 radical (unpaired) electrons. The first-order valence-electron chi connectivity index (χ1n) is 5.55. The Bertz CT molecular complexity index is 460. The SMILES string of the molecule is CCN(C(=O)OCC(F)(F)F)c1cc(O)ccc1C. The van der Waals surface area contributed by atoms with Gasteiger partial charge in [0.1, 0.15) is 5.75 Å². The van der Waals surface area contributed by atoms with Gasteiger partial charge in [-0.2, -0.15) is 13.2 Å². The van der Waals surface area contributed by atoms with Crippen molar-refractivity contribution in [2.75, 3.05) is 18.1 Å². The van der Waals surface area contributed by atoms with E-state index in [1.807, 2.05) is 0 Å². The van der Waals surface area contributed by atoms with Crippen molar-refractivity contribution in [3.63, 3.8) is 0 Å². The molecule has 0 bridgehead atoms. The number of amides is 1. The van der Waals surface area contributed by atoms with Gasteiger partial charge in [0.25, 0.3) is 0 Å². The van der Waals surface area contributed by atoms with Crippen LogP contribution >= 0.6 is 0 Å². The first kappa shape index (κ1) is 15.1. The van der Waals surface area contributed by atoms with Gasteiger partial charge >= 0.3 is 12.3 Å². The van der Waals surface area contributed by atoms with Gasteiger partial charge in [0.05, 0.1) is 5.69 Å². The van der Waals surface area contributed by atoms with E-state index in [1.165, 1.54) is 12.1 Å². The molecule has 0 unspecified atom stereocenters. The molecule has 0 heterocycles. The Morgan fingerprint density at radius 1 is 1.42 bits per heavy atom. The van der Waals surface area contributed by atoms with Crippen molar-refractivity contribution in [3.8, 4) is 5.75 Å². The summed E-state index contributed by atoms with van der Waals surface area (Å²) >= 11 is 0. The van der Waals surface area contributed by atoms with E-state index in [0.717, 1.165) is 4.90 Å². The fourth-order valence-electron chi connectivity index (χ4n) is 1.51. The molecule has 0 aromatic heterocycles. The summed E-state index contributed by atoms with van der Waals surface area (Å²) in [5.74, 6) is -0.0809. The third-order valence-electron chi connectivity index (χ3n) is 2.38. The molecule has 19 heavy (non-hydrogen) atoms. The van der Waals surface area contributed by atoms with E-state index in [1.54, 1.807) is 19.9 Å². The van der Waals surface area contributed by atoms with Crippen LogP contribution in [0.15, 0.2) is 18.2 Å². The number of nitrogens with zero attached hydrogens (tertiary/aromatic N) is 1. The standard InChI is InChI=1S/C12H14F3NO3/c1-3-16(11(18)19-7-12(13,14)15)10-6-9(17)5-4-8(10)2/h4-6,17H,3,7H2,1-2H3.